The van der Waals surface area contributed by atoms with Gasteiger partial charge in [0.15, 0.2) is 0 Å². The van der Waals surface area contributed by atoms with Gasteiger partial charge in [-0.15, -0.1) is 11.8 Å². The van der Waals surface area contributed by atoms with Crippen LogP contribution in [0.15, 0.2) is 50.5 Å². The van der Waals surface area contributed by atoms with E-state index in [1.165, 1.54) is 23.4 Å². The van der Waals surface area contributed by atoms with Crippen molar-refractivity contribution in [1.82, 2.24) is 0 Å². The van der Waals surface area contributed by atoms with Crippen molar-refractivity contribution in [1.29, 1.82) is 0 Å². The van der Waals surface area contributed by atoms with Crippen LogP contribution >= 0.6 is 23.4 Å². The van der Waals surface area contributed by atoms with Crippen molar-refractivity contribution < 1.29 is 13.9 Å². The summed E-state index contributed by atoms with van der Waals surface area (Å²) in [6.07, 6.45) is 0. The zero-order valence-corrected chi connectivity index (χ0v) is 16.9. The van der Waals surface area contributed by atoms with Crippen LogP contribution in [0.4, 0.5) is 0 Å². The molecule has 4 nitrogen and oxygen atoms in total. The molecule has 0 aliphatic rings. The molecular weight excluding hydrogens is 384 g/mol. The zero-order chi connectivity index (χ0) is 19.6. The fourth-order valence-corrected chi connectivity index (χ4v) is 3.74. The number of carbonyl (C=O) groups excluding carboxylic acids is 1. The molecule has 0 N–H and O–H groups in total. The number of thioether (sulfide) groups is 1. The standard InChI is InChI=1S/C21H19ClO4S/c1-12-4-5-19(14(3)6-12)27-11-21(24)25-10-15-8-20(23)26-18-7-13(2)17(22)9-16(15)18/h4-9H,10-11H2,1-3H3. The second-order valence-corrected chi connectivity index (χ2v) is 7.83. The quantitative estimate of drug-likeness (QED) is 0.333. The highest BCUT2D eigenvalue weighted by Gasteiger charge is 2.12. The number of halogens is 1. The third kappa shape index (κ3) is 4.73. The molecule has 3 rings (SSSR count). The predicted molar refractivity (Wildman–Crippen MR) is 109 cm³/mol. The average molecular weight is 403 g/mol. The molecule has 140 valence electrons. The molecule has 6 heteroatoms. The maximum atomic E-state index is 12.1. The van der Waals surface area contributed by atoms with E-state index in [0.717, 1.165) is 16.0 Å². The highest BCUT2D eigenvalue weighted by atomic mass is 35.5. The molecule has 1 aromatic heterocycles. The molecule has 2 aromatic carbocycles. The second kappa shape index (κ2) is 8.19. The third-order valence-electron chi connectivity index (χ3n) is 4.17. The summed E-state index contributed by atoms with van der Waals surface area (Å²) in [7, 11) is 0. The number of fused-ring (bicyclic) bond motifs is 1. The van der Waals surface area contributed by atoms with Gasteiger partial charge in [-0.05, 0) is 50.1 Å². The molecule has 0 amide bonds. The van der Waals surface area contributed by atoms with Crippen LogP contribution in [0, 0.1) is 20.8 Å². The lowest BCUT2D eigenvalue weighted by Crippen LogP contribution is -2.09. The minimum Gasteiger partial charge on any atom is -0.460 e. The van der Waals surface area contributed by atoms with Crippen molar-refractivity contribution >= 4 is 40.3 Å². The summed E-state index contributed by atoms with van der Waals surface area (Å²) < 4.78 is 10.6. The van der Waals surface area contributed by atoms with Gasteiger partial charge in [-0.3, -0.25) is 4.79 Å². The monoisotopic (exact) mass is 402 g/mol. The van der Waals surface area contributed by atoms with E-state index in [0.29, 0.717) is 21.6 Å². The molecule has 0 spiro atoms. The number of esters is 1. The van der Waals surface area contributed by atoms with Crippen LogP contribution in [0.5, 0.6) is 0 Å². The van der Waals surface area contributed by atoms with Crippen LogP contribution in [0.3, 0.4) is 0 Å². The number of hydrogen-bond acceptors (Lipinski definition) is 5. The van der Waals surface area contributed by atoms with Crippen molar-refractivity contribution in [3.8, 4) is 0 Å². The van der Waals surface area contributed by atoms with E-state index >= 15 is 0 Å². The summed E-state index contributed by atoms with van der Waals surface area (Å²) in [6, 6.07) is 10.9. The lowest BCUT2D eigenvalue weighted by atomic mass is 10.1. The first-order valence-electron chi connectivity index (χ1n) is 8.42. The maximum absolute atomic E-state index is 12.1. The fourth-order valence-electron chi connectivity index (χ4n) is 2.77. The van der Waals surface area contributed by atoms with E-state index in [2.05, 4.69) is 6.07 Å². The molecule has 0 unspecified atom stereocenters. The summed E-state index contributed by atoms with van der Waals surface area (Å²) in [4.78, 5) is 25.0. The molecule has 0 bridgehead atoms. The van der Waals surface area contributed by atoms with Crippen LogP contribution in [0.1, 0.15) is 22.3 Å². The SMILES string of the molecule is Cc1ccc(SCC(=O)OCc2cc(=O)oc3cc(C)c(Cl)cc23)c(C)c1. The molecule has 1 heterocycles. The Hall–Kier alpha value is -2.24. The minimum atomic E-state index is -0.486. The Morgan fingerprint density at radius 1 is 1.11 bits per heavy atom. The largest absolute Gasteiger partial charge is 0.460 e. The predicted octanol–water partition coefficient (Wildman–Crippen LogP) is 5.21. The Balaban J connectivity index is 1.70. The zero-order valence-electron chi connectivity index (χ0n) is 15.3. The summed E-state index contributed by atoms with van der Waals surface area (Å²) in [5.74, 6) is -0.150. The van der Waals surface area contributed by atoms with Gasteiger partial charge in [-0.2, -0.15) is 0 Å². The molecular formula is C21H19ClO4S. The number of benzene rings is 2. The van der Waals surface area contributed by atoms with Crippen molar-refractivity contribution in [2.75, 3.05) is 5.75 Å². The van der Waals surface area contributed by atoms with Crippen molar-refractivity contribution in [2.24, 2.45) is 0 Å². The lowest BCUT2D eigenvalue weighted by molar-refractivity contribution is -0.141. The molecule has 27 heavy (non-hydrogen) atoms. The average Bonchev–Trinajstić information content (AvgIpc) is 2.60. The van der Waals surface area contributed by atoms with E-state index in [1.807, 2.05) is 32.9 Å². The summed E-state index contributed by atoms with van der Waals surface area (Å²) in [5.41, 5.74) is 3.65. The molecule has 0 aliphatic heterocycles. The van der Waals surface area contributed by atoms with E-state index in [-0.39, 0.29) is 18.3 Å². The minimum absolute atomic E-state index is 0.00619. The Labute approximate surface area is 166 Å². The Bertz CT molecular complexity index is 1070. The second-order valence-electron chi connectivity index (χ2n) is 6.41. The highest BCUT2D eigenvalue weighted by Crippen LogP contribution is 2.26. The smallest absolute Gasteiger partial charge is 0.336 e. The van der Waals surface area contributed by atoms with Crippen LogP contribution in [0.25, 0.3) is 11.0 Å². The van der Waals surface area contributed by atoms with Gasteiger partial charge < -0.3 is 9.15 Å². The molecule has 0 radical (unpaired) electrons. The van der Waals surface area contributed by atoms with Crippen molar-refractivity contribution in [3.63, 3.8) is 0 Å². The summed E-state index contributed by atoms with van der Waals surface area (Å²) in [6.45, 7) is 5.87. The van der Waals surface area contributed by atoms with Gasteiger partial charge in [0.2, 0.25) is 0 Å². The van der Waals surface area contributed by atoms with Gasteiger partial charge in [-0.1, -0.05) is 29.3 Å². The maximum Gasteiger partial charge on any atom is 0.336 e. The summed E-state index contributed by atoms with van der Waals surface area (Å²) in [5, 5.41) is 1.23. The third-order valence-corrected chi connectivity index (χ3v) is 5.73. The molecule has 0 saturated carbocycles. The molecule has 3 aromatic rings. The topological polar surface area (TPSA) is 56.5 Å². The van der Waals surface area contributed by atoms with E-state index < -0.39 is 5.63 Å². The van der Waals surface area contributed by atoms with Gasteiger partial charge in [0.1, 0.15) is 12.2 Å². The Kier molecular flexibility index (Phi) is 5.92. The fraction of sp³-hybridized carbons (Fsp3) is 0.238. The van der Waals surface area contributed by atoms with Gasteiger partial charge in [0, 0.05) is 26.9 Å². The number of carbonyl (C=O) groups is 1. The van der Waals surface area contributed by atoms with Crippen LogP contribution < -0.4 is 5.63 Å². The first-order chi connectivity index (χ1) is 12.8. The van der Waals surface area contributed by atoms with Crippen LogP contribution in [-0.2, 0) is 16.1 Å². The van der Waals surface area contributed by atoms with E-state index in [4.69, 9.17) is 20.8 Å². The Morgan fingerprint density at radius 2 is 1.89 bits per heavy atom. The molecule has 0 saturated heterocycles. The number of rotatable bonds is 5. The van der Waals surface area contributed by atoms with Gasteiger partial charge in [0.05, 0.1) is 5.75 Å². The molecule has 0 aliphatic carbocycles. The van der Waals surface area contributed by atoms with Gasteiger partial charge in [-0.25, -0.2) is 4.79 Å². The first-order valence-corrected chi connectivity index (χ1v) is 9.78. The molecule has 0 atom stereocenters. The summed E-state index contributed by atoms with van der Waals surface area (Å²) >= 11 is 7.61. The van der Waals surface area contributed by atoms with Crippen molar-refractivity contribution in [3.05, 3.63) is 74.1 Å². The number of ether oxygens (including phenoxy) is 1. The lowest BCUT2D eigenvalue weighted by Gasteiger charge is -2.09. The highest BCUT2D eigenvalue weighted by molar-refractivity contribution is 8.00. The molecule has 0 fully saturated rings. The van der Waals surface area contributed by atoms with Gasteiger partial charge in [0.25, 0.3) is 0 Å². The van der Waals surface area contributed by atoms with Gasteiger partial charge >= 0.3 is 11.6 Å². The van der Waals surface area contributed by atoms with E-state index in [1.54, 1.807) is 12.1 Å². The van der Waals surface area contributed by atoms with Crippen LogP contribution in [-0.4, -0.2) is 11.7 Å². The Morgan fingerprint density at radius 3 is 2.63 bits per heavy atom. The van der Waals surface area contributed by atoms with Crippen LogP contribution in [0.2, 0.25) is 5.02 Å². The van der Waals surface area contributed by atoms with Crippen molar-refractivity contribution in [2.45, 2.75) is 32.3 Å². The number of hydrogen-bond donors (Lipinski definition) is 0. The first kappa shape index (κ1) is 19.5. The van der Waals surface area contributed by atoms with E-state index in [9.17, 15) is 9.59 Å². The number of aryl methyl sites for hydroxylation is 3. The normalized spacial score (nSPS) is 11.0.